The van der Waals surface area contributed by atoms with Crippen LogP contribution in [0.2, 0.25) is 0 Å². The van der Waals surface area contributed by atoms with Crippen molar-refractivity contribution in [3.63, 3.8) is 0 Å². The molecule has 0 saturated carbocycles. The van der Waals surface area contributed by atoms with E-state index in [-0.39, 0.29) is 57.8 Å². The highest BCUT2D eigenvalue weighted by Crippen LogP contribution is 2.42. The van der Waals surface area contributed by atoms with Gasteiger partial charge in [-0.05, 0) is 91.4 Å². The highest BCUT2D eigenvalue weighted by Gasteiger charge is 2.49. The van der Waals surface area contributed by atoms with E-state index in [2.05, 4.69) is 20.2 Å². The second-order valence-corrected chi connectivity index (χ2v) is 14.3. The lowest BCUT2D eigenvalue weighted by atomic mass is 9.94. The van der Waals surface area contributed by atoms with Gasteiger partial charge in [0.25, 0.3) is 5.91 Å². The van der Waals surface area contributed by atoms with Crippen LogP contribution in [0.15, 0.2) is 36.5 Å². The number of rotatable bonds is 7. The van der Waals surface area contributed by atoms with Crippen molar-refractivity contribution >= 4 is 27.6 Å². The number of aryl methyl sites for hydroxylation is 2. The molecule has 0 aliphatic carbocycles. The molecule has 0 bridgehead atoms. The van der Waals surface area contributed by atoms with E-state index in [1.54, 1.807) is 27.1 Å². The molecule has 1 amide bonds. The van der Waals surface area contributed by atoms with Gasteiger partial charge in [0.05, 0.1) is 11.2 Å². The smallest absolute Gasteiger partial charge is 0.317 e. The van der Waals surface area contributed by atoms with Crippen molar-refractivity contribution in [1.29, 1.82) is 0 Å². The van der Waals surface area contributed by atoms with Crippen LogP contribution < -0.4 is 10.1 Å². The molecule has 52 heavy (non-hydrogen) atoms. The summed E-state index contributed by atoms with van der Waals surface area (Å²) in [5, 5.41) is 15.3. The standard InChI is InChI=1S/C39H40F3N7O3/c1-4-25-29(41)9-8-21-13-24(50)15-26(31(21)25)34-32(42)35-28(18-44-34)33(46-38(47-35)52-20-39-10-6-12-49(39)19-23(40)16-39)27-14-22-17-43-11-5-7-30(22)45-36(27)37(51)48(2)3/h8-9,13-15,18,23,43,50H,4-7,10-12,16-17,19-20H2,1-3H3/t23-,39+/m1/s1. The number of pyridine rings is 2. The number of carbonyl (C=O) groups is 1. The van der Waals surface area contributed by atoms with E-state index in [0.717, 1.165) is 43.6 Å². The lowest BCUT2D eigenvalue weighted by Gasteiger charge is -2.30. The van der Waals surface area contributed by atoms with Gasteiger partial charge in [0.15, 0.2) is 5.82 Å². The van der Waals surface area contributed by atoms with Crippen LogP contribution in [-0.4, -0.2) is 92.8 Å². The van der Waals surface area contributed by atoms with Crippen molar-refractivity contribution in [3.8, 4) is 34.3 Å². The van der Waals surface area contributed by atoms with Gasteiger partial charge in [0.2, 0.25) is 0 Å². The number of phenols is 1. The molecule has 2 atom stereocenters. The fraction of sp³-hybridized carbons (Fsp3) is 0.410. The third-order valence-corrected chi connectivity index (χ3v) is 10.8. The summed E-state index contributed by atoms with van der Waals surface area (Å²) >= 11 is 0. The Bertz CT molecular complexity index is 2250. The Morgan fingerprint density at radius 2 is 1.96 bits per heavy atom. The molecule has 3 aliphatic rings. The second-order valence-electron chi connectivity index (χ2n) is 14.3. The number of amides is 1. The molecule has 5 aromatic rings. The van der Waals surface area contributed by atoms with E-state index < -0.39 is 23.3 Å². The van der Waals surface area contributed by atoms with Crippen LogP contribution in [0, 0.1) is 11.6 Å². The van der Waals surface area contributed by atoms with Gasteiger partial charge in [-0.1, -0.05) is 13.0 Å². The molecule has 270 valence electrons. The molecule has 3 aliphatic heterocycles. The van der Waals surface area contributed by atoms with E-state index in [9.17, 15) is 14.3 Å². The quantitative estimate of drug-likeness (QED) is 0.205. The molecule has 6 heterocycles. The van der Waals surface area contributed by atoms with Crippen molar-refractivity contribution in [2.24, 2.45) is 0 Å². The number of nitrogens with zero attached hydrogens (tertiary/aromatic N) is 6. The average molecular weight is 712 g/mol. The number of halogens is 3. The van der Waals surface area contributed by atoms with Crippen molar-refractivity contribution in [1.82, 2.24) is 35.1 Å². The van der Waals surface area contributed by atoms with Gasteiger partial charge >= 0.3 is 6.01 Å². The number of nitrogens with one attached hydrogen (secondary N) is 1. The van der Waals surface area contributed by atoms with Crippen molar-refractivity contribution < 1.29 is 27.8 Å². The Kier molecular flexibility index (Phi) is 8.73. The zero-order chi connectivity index (χ0) is 36.3. The maximum Gasteiger partial charge on any atom is 0.317 e. The van der Waals surface area contributed by atoms with Gasteiger partial charge in [-0.25, -0.2) is 18.2 Å². The van der Waals surface area contributed by atoms with Crippen molar-refractivity contribution in [2.75, 3.05) is 40.3 Å². The Morgan fingerprint density at radius 1 is 1.12 bits per heavy atom. The van der Waals surface area contributed by atoms with Crippen LogP contribution >= 0.6 is 0 Å². The van der Waals surface area contributed by atoms with Gasteiger partial charge in [-0.2, -0.15) is 9.97 Å². The van der Waals surface area contributed by atoms with Crippen LogP contribution in [0.25, 0.3) is 44.2 Å². The predicted molar refractivity (Wildman–Crippen MR) is 191 cm³/mol. The SMILES string of the molecule is CCc1c(F)ccc2cc(O)cc(-c3ncc4c(-c5cc6c(nc5C(=O)N(C)C)CCCNC6)nc(OC[C@@]56CCCN5C[C@H](F)C6)nc4c3F)c12. The first-order chi connectivity index (χ1) is 25.1. The fourth-order valence-corrected chi connectivity index (χ4v) is 8.30. The molecule has 13 heteroatoms. The summed E-state index contributed by atoms with van der Waals surface area (Å²) in [6, 6.07) is 7.47. The zero-order valence-electron chi connectivity index (χ0n) is 29.4. The Morgan fingerprint density at radius 3 is 2.77 bits per heavy atom. The molecule has 0 unspecified atom stereocenters. The van der Waals surface area contributed by atoms with Crippen LogP contribution in [-0.2, 0) is 19.4 Å². The predicted octanol–water partition coefficient (Wildman–Crippen LogP) is 6.15. The summed E-state index contributed by atoms with van der Waals surface area (Å²) < 4.78 is 53.3. The van der Waals surface area contributed by atoms with Gasteiger partial charge < -0.3 is 20.1 Å². The number of benzene rings is 2. The lowest BCUT2D eigenvalue weighted by molar-refractivity contribution is 0.0822. The lowest BCUT2D eigenvalue weighted by Crippen LogP contribution is -2.43. The molecular weight excluding hydrogens is 671 g/mol. The van der Waals surface area contributed by atoms with Gasteiger partial charge in [0, 0.05) is 62.0 Å². The number of aromatic hydroxyl groups is 1. The zero-order valence-corrected chi connectivity index (χ0v) is 29.4. The van der Waals surface area contributed by atoms with Gasteiger partial charge in [-0.15, -0.1) is 0 Å². The Hall–Kier alpha value is -4.88. The van der Waals surface area contributed by atoms with Crippen LogP contribution in [0.5, 0.6) is 11.8 Å². The maximum absolute atomic E-state index is 17.2. The monoisotopic (exact) mass is 711 g/mol. The minimum absolute atomic E-state index is 0.101. The minimum atomic E-state index is -0.975. The van der Waals surface area contributed by atoms with E-state index in [1.165, 1.54) is 29.3 Å². The fourth-order valence-electron chi connectivity index (χ4n) is 8.30. The Labute approximate surface area is 299 Å². The second kappa shape index (κ2) is 13.3. The number of hydrogen-bond acceptors (Lipinski definition) is 9. The number of hydrogen-bond donors (Lipinski definition) is 2. The molecule has 2 fully saturated rings. The molecule has 0 spiro atoms. The largest absolute Gasteiger partial charge is 0.508 e. The van der Waals surface area contributed by atoms with Crippen LogP contribution in [0.3, 0.4) is 0 Å². The summed E-state index contributed by atoms with van der Waals surface area (Å²) in [5.41, 5.74) is 2.19. The molecule has 2 aromatic carbocycles. The molecule has 8 rings (SSSR count). The molecule has 2 saturated heterocycles. The summed E-state index contributed by atoms with van der Waals surface area (Å²) in [7, 11) is 3.28. The normalized spacial score (nSPS) is 20.2. The highest BCUT2D eigenvalue weighted by molar-refractivity contribution is 6.05. The number of phenolic OH excluding ortho intramolecular Hbond substituents is 1. The first-order valence-electron chi connectivity index (χ1n) is 17.8. The number of ether oxygens (including phenoxy) is 1. The summed E-state index contributed by atoms with van der Waals surface area (Å²) in [6.07, 6.45) is 4.30. The van der Waals surface area contributed by atoms with E-state index in [1.807, 2.05) is 6.07 Å². The summed E-state index contributed by atoms with van der Waals surface area (Å²) in [4.78, 5) is 36.1. The average Bonchev–Trinajstić information content (AvgIpc) is 3.55. The van der Waals surface area contributed by atoms with Gasteiger partial charge in [0.1, 0.15) is 41.2 Å². The Balaban J connectivity index is 1.36. The summed E-state index contributed by atoms with van der Waals surface area (Å²) in [5.74, 6) is -1.77. The minimum Gasteiger partial charge on any atom is -0.508 e. The summed E-state index contributed by atoms with van der Waals surface area (Å²) in [6.45, 7) is 4.32. The van der Waals surface area contributed by atoms with Crippen LogP contribution in [0.1, 0.15) is 59.9 Å². The molecular formula is C39H40F3N7O3. The maximum atomic E-state index is 17.2. The number of alkyl halides is 1. The molecule has 3 aromatic heterocycles. The third-order valence-electron chi connectivity index (χ3n) is 10.8. The molecule has 2 N–H and O–H groups in total. The number of fused-ring (bicyclic) bond motifs is 4. The number of carbonyl (C=O) groups excluding carboxylic acids is 1. The first-order valence-corrected chi connectivity index (χ1v) is 17.8. The van der Waals surface area contributed by atoms with Gasteiger partial charge in [-0.3, -0.25) is 14.7 Å². The van der Waals surface area contributed by atoms with E-state index in [0.29, 0.717) is 54.3 Å². The highest BCUT2D eigenvalue weighted by atomic mass is 19.1. The number of aromatic nitrogens is 4. The molecule has 0 radical (unpaired) electrons. The van der Waals surface area contributed by atoms with E-state index in [4.69, 9.17) is 14.7 Å². The van der Waals surface area contributed by atoms with Crippen molar-refractivity contribution in [2.45, 2.75) is 63.7 Å². The van der Waals surface area contributed by atoms with Crippen molar-refractivity contribution in [3.05, 3.63) is 70.7 Å². The van der Waals surface area contributed by atoms with Crippen LogP contribution in [0.4, 0.5) is 13.2 Å². The first kappa shape index (κ1) is 34.2. The third kappa shape index (κ3) is 5.79. The molecule has 10 nitrogen and oxygen atoms in total. The topological polar surface area (TPSA) is 117 Å². The van der Waals surface area contributed by atoms with E-state index >= 15 is 8.78 Å².